The van der Waals surface area contributed by atoms with Crippen LogP contribution in [-0.2, 0) is 13.1 Å². The van der Waals surface area contributed by atoms with Crippen molar-refractivity contribution >= 4 is 0 Å². The number of furan rings is 1. The van der Waals surface area contributed by atoms with Crippen molar-refractivity contribution in [2.75, 3.05) is 20.1 Å². The Morgan fingerprint density at radius 3 is 3.06 bits per heavy atom. The van der Waals surface area contributed by atoms with Crippen LogP contribution in [-0.4, -0.2) is 25.0 Å². The molecule has 1 aromatic heterocycles. The molecule has 0 spiro atoms. The summed E-state index contributed by atoms with van der Waals surface area (Å²) in [5.74, 6) is 3.62. The standard InChI is InChI=1S/C13H20N2O/c1-4-7-14-10-12-6-9-16-13(12)11-15(3)8-5-2/h2,6,9,14H,4,7-8,10-11H2,1,3H3. The molecular formula is C13H20N2O. The van der Waals surface area contributed by atoms with Crippen molar-refractivity contribution in [3.63, 3.8) is 0 Å². The summed E-state index contributed by atoms with van der Waals surface area (Å²) in [6.07, 6.45) is 8.14. The van der Waals surface area contributed by atoms with E-state index >= 15 is 0 Å². The fourth-order valence-electron chi connectivity index (χ4n) is 1.52. The van der Waals surface area contributed by atoms with Gasteiger partial charge in [-0.2, -0.15) is 0 Å². The van der Waals surface area contributed by atoms with Gasteiger partial charge in [0.15, 0.2) is 0 Å². The maximum absolute atomic E-state index is 5.46. The summed E-state index contributed by atoms with van der Waals surface area (Å²) in [7, 11) is 1.99. The monoisotopic (exact) mass is 220 g/mol. The Balaban J connectivity index is 2.47. The molecule has 16 heavy (non-hydrogen) atoms. The van der Waals surface area contributed by atoms with Crippen LogP contribution in [0.3, 0.4) is 0 Å². The number of rotatable bonds is 7. The molecule has 1 heterocycles. The third-order valence-electron chi connectivity index (χ3n) is 2.35. The average Bonchev–Trinajstić information content (AvgIpc) is 2.66. The number of hydrogen-bond acceptors (Lipinski definition) is 3. The highest BCUT2D eigenvalue weighted by molar-refractivity contribution is 5.16. The largest absolute Gasteiger partial charge is 0.468 e. The lowest BCUT2D eigenvalue weighted by Crippen LogP contribution is -2.20. The van der Waals surface area contributed by atoms with Crippen molar-refractivity contribution in [1.29, 1.82) is 0 Å². The Labute approximate surface area is 97.8 Å². The quantitative estimate of drug-likeness (QED) is 0.561. The molecule has 0 saturated heterocycles. The van der Waals surface area contributed by atoms with E-state index in [-0.39, 0.29) is 0 Å². The molecule has 0 aromatic carbocycles. The Hall–Kier alpha value is -1.24. The van der Waals surface area contributed by atoms with Gasteiger partial charge >= 0.3 is 0 Å². The third kappa shape index (κ3) is 4.09. The minimum Gasteiger partial charge on any atom is -0.468 e. The molecule has 1 rings (SSSR count). The summed E-state index contributed by atoms with van der Waals surface area (Å²) in [6.45, 7) is 5.46. The number of nitrogens with zero attached hydrogens (tertiary/aromatic N) is 1. The summed E-state index contributed by atoms with van der Waals surface area (Å²) < 4.78 is 5.46. The summed E-state index contributed by atoms with van der Waals surface area (Å²) in [6, 6.07) is 2.02. The molecule has 0 saturated carbocycles. The van der Waals surface area contributed by atoms with Gasteiger partial charge in [-0.1, -0.05) is 12.8 Å². The van der Waals surface area contributed by atoms with Crippen LogP contribution in [0.15, 0.2) is 16.7 Å². The van der Waals surface area contributed by atoms with E-state index < -0.39 is 0 Å². The fraction of sp³-hybridized carbons (Fsp3) is 0.538. The third-order valence-corrected chi connectivity index (χ3v) is 2.35. The molecule has 0 aliphatic rings. The van der Waals surface area contributed by atoms with Crippen LogP contribution in [0.5, 0.6) is 0 Å². The van der Waals surface area contributed by atoms with Crippen LogP contribution >= 0.6 is 0 Å². The van der Waals surface area contributed by atoms with Crippen molar-refractivity contribution in [3.8, 4) is 12.3 Å². The molecule has 1 aromatic rings. The second kappa shape index (κ2) is 7.10. The Morgan fingerprint density at radius 1 is 1.56 bits per heavy atom. The lowest BCUT2D eigenvalue weighted by molar-refractivity contribution is 0.324. The first-order chi connectivity index (χ1) is 7.77. The van der Waals surface area contributed by atoms with Gasteiger partial charge in [0.1, 0.15) is 5.76 Å². The molecule has 0 radical (unpaired) electrons. The van der Waals surface area contributed by atoms with Gasteiger partial charge in [0.05, 0.1) is 19.4 Å². The molecule has 88 valence electrons. The van der Waals surface area contributed by atoms with Crippen molar-refractivity contribution in [2.24, 2.45) is 0 Å². The molecule has 0 fully saturated rings. The zero-order valence-electron chi connectivity index (χ0n) is 10.1. The molecule has 0 aliphatic carbocycles. The van der Waals surface area contributed by atoms with Gasteiger partial charge in [-0.05, 0) is 26.1 Å². The zero-order valence-corrected chi connectivity index (χ0v) is 10.1. The first-order valence-electron chi connectivity index (χ1n) is 5.66. The van der Waals surface area contributed by atoms with Crippen molar-refractivity contribution in [3.05, 3.63) is 23.7 Å². The second-order valence-corrected chi connectivity index (χ2v) is 3.92. The molecule has 3 heteroatoms. The lowest BCUT2D eigenvalue weighted by atomic mass is 10.2. The van der Waals surface area contributed by atoms with E-state index in [1.54, 1.807) is 6.26 Å². The minimum absolute atomic E-state index is 0.641. The Morgan fingerprint density at radius 2 is 2.38 bits per heavy atom. The zero-order chi connectivity index (χ0) is 11.8. The first-order valence-corrected chi connectivity index (χ1v) is 5.66. The van der Waals surface area contributed by atoms with Crippen LogP contribution in [0, 0.1) is 12.3 Å². The first kappa shape index (κ1) is 12.8. The highest BCUT2D eigenvalue weighted by Gasteiger charge is 2.08. The van der Waals surface area contributed by atoms with Gasteiger partial charge < -0.3 is 9.73 Å². The number of terminal acetylenes is 1. The van der Waals surface area contributed by atoms with Crippen LogP contribution in [0.25, 0.3) is 0 Å². The van der Waals surface area contributed by atoms with Crippen LogP contribution in [0.1, 0.15) is 24.7 Å². The van der Waals surface area contributed by atoms with Gasteiger partial charge in [-0.25, -0.2) is 0 Å². The SMILES string of the molecule is C#CCN(C)Cc1occc1CNCCC. The van der Waals surface area contributed by atoms with Gasteiger partial charge in [-0.15, -0.1) is 6.42 Å². The molecule has 1 N–H and O–H groups in total. The second-order valence-electron chi connectivity index (χ2n) is 3.92. The summed E-state index contributed by atoms with van der Waals surface area (Å²) in [5, 5.41) is 3.36. The maximum Gasteiger partial charge on any atom is 0.122 e. The average molecular weight is 220 g/mol. The van der Waals surface area contributed by atoms with Gasteiger partial charge in [0.25, 0.3) is 0 Å². The van der Waals surface area contributed by atoms with E-state index in [0.29, 0.717) is 6.54 Å². The molecule has 0 bridgehead atoms. The number of hydrogen-bond donors (Lipinski definition) is 1. The van der Waals surface area contributed by atoms with Crippen molar-refractivity contribution < 1.29 is 4.42 Å². The lowest BCUT2D eigenvalue weighted by Gasteiger charge is -2.12. The van der Waals surface area contributed by atoms with E-state index in [1.165, 1.54) is 5.56 Å². The van der Waals surface area contributed by atoms with Crippen LogP contribution in [0.4, 0.5) is 0 Å². The van der Waals surface area contributed by atoms with Crippen molar-refractivity contribution in [1.82, 2.24) is 10.2 Å². The molecular weight excluding hydrogens is 200 g/mol. The predicted molar refractivity (Wildman–Crippen MR) is 65.9 cm³/mol. The number of nitrogens with one attached hydrogen (secondary N) is 1. The highest BCUT2D eigenvalue weighted by atomic mass is 16.3. The van der Waals surface area contributed by atoms with Crippen LogP contribution < -0.4 is 5.32 Å². The predicted octanol–water partition coefficient (Wildman–Crippen LogP) is 1.84. The summed E-state index contributed by atoms with van der Waals surface area (Å²) in [4.78, 5) is 2.06. The Bertz CT molecular complexity index is 338. The maximum atomic E-state index is 5.46. The molecule has 0 atom stereocenters. The summed E-state index contributed by atoms with van der Waals surface area (Å²) >= 11 is 0. The molecule has 0 unspecified atom stereocenters. The molecule has 0 aliphatic heterocycles. The normalized spacial score (nSPS) is 10.6. The topological polar surface area (TPSA) is 28.4 Å². The van der Waals surface area contributed by atoms with E-state index in [2.05, 4.69) is 23.1 Å². The Kier molecular flexibility index (Phi) is 5.69. The smallest absolute Gasteiger partial charge is 0.122 e. The van der Waals surface area contributed by atoms with E-state index in [1.807, 2.05) is 13.1 Å². The highest BCUT2D eigenvalue weighted by Crippen LogP contribution is 2.12. The summed E-state index contributed by atoms with van der Waals surface area (Å²) in [5.41, 5.74) is 1.22. The van der Waals surface area contributed by atoms with E-state index in [0.717, 1.165) is 31.8 Å². The van der Waals surface area contributed by atoms with Gasteiger partial charge in [-0.3, -0.25) is 4.90 Å². The van der Waals surface area contributed by atoms with Crippen molar-refractivity contribution in [2.45, 2.75) is 26.4 Å². The van der Waals surface area contributed by atoms with Gasteiger partial charge in [0.2, 0.25) is 0 Å². The fourth-order valence-corrected chi connectivity index (χ4v) is 1.52. The van der Waals surface area contributed by atoms with E-state index in [9.17, 15) is 0 Å². The van der Waals surface area contributed by atoms with E-state index in [4.69, 9.17) is 10.8 Å². The molecule has 0 amide bonds. The van der Waals surface area contributed by atoms with Crippen LogP contribution in [0.2, 0.25) is 0 Å². The van der Waals surface area contributed by atoms with Gasteiger partial charge in [0, 0.05) is 12.1 Å². The molecule has 3 nitrogen and oxygen atoms in total. The minimum atomic E-state index is 0.641.